The molecule has 0 spiro atoms. The van der Waals surface area contributed by atoms with Crippen LogP contribution < -0.4 is 0 Å². The lowest BCUT2D eigenvalue weighted by atomic mass is 9.83. The number of alkyl halides is 3. The Balaban J connectivity index is 1.09. The van der Waals surface area contributed by atoms with Crippen molar-refractivity contribution >= 4 is 32.9 Å². The molecule has 4 aromatic heterocycles. The Kier molecular flexibility index (Phi) is 10.6. The summed E-state index contributed by atoms with van der Waals surface area (Å²) in [5.41, 5.74) is 1.13. The lowest BCUT2D eigenvalue weighted by Gasteiger charge is -2.53. The monoisotopic (exact) mass is 742 g/mol. The number of rotatable bonds is 12. The summed E-state index contributed by atoms with van der Waals surface area (Å²) in [6.45, 7) is 3.45. The van der Waals surface area contributed by atoms with E-state index in [0.717, 1.165) is 41.0 Å². The van der Waals surface area contributed by atoms with E-state index >= 15 is 0 Å². The lowest BCUT2D eigenvalue weighted by molar-refractivity contribution is -0.145. The van der Waals surface area contributed by atoms with Crippen LogP contribution in [0.4, 0.5) is 13.2 Å². The van der Waals surface area contributed by atoms with Gasteiger partial charge in [0.05, 0.1) is 36.7 Å². The molecule has 1 amide bonds. The molecule has 0 atom stereocenters. The average Bonchev–Trinajstić information content (AvgIpc) is 3.74. The molecule has 4 aromatic rings. The number of hydrogen-bond donors (Lipinski definition) is 0. The van der Waals surface area contributed by atoms with E-state index < -0.39 is 51.7 Å². The molecule has 278 valence electrons. The van der Waals surface area contributed by atoms with Crippen molar-refractivity contribution in [2.24, 2.45) is 0 Å². The molecule has 2 saturated heterocycles. The fourth-order valence-electron chi connectivity index (χ4n) is 6.55. The number of hydrogen-bond acceptors (Lipinski definition) is 11. The van der Waals surface area contributed by atoms with E-state index in [1.165, 1.54) is 11.2 Å². The fraction of sp³-hybridized carbons (Fsp3) is 0.529. The third kappa shape index (κ3) is 8.21. The zero-order valence-electron chi connectivity index (χ0n) is 29.5. The second-order valence-corrected chi connectivity index (χ2v) is 18.7. The fourth-order valence-corrected chi connectivity index (χ4v) is 7.16. The second-order valence-electron chi connectivity index (χ2n) is 14.1. The highest BCUT2D eigenvalue weighted by atomic mass is 32.3. The Morgan fingerprint density at radius 2 is 1.88 bits per heavy atom. The SMILES string of the molecule is CC(=O)OCc1cc(C(=O)N2CCC(N3CC(CC#N)(n4cc(-c5ncnc6c5ccn6COCCS(C)(C)C)cn4)C3)CC2)nc(C(F)(F)F)n1. The molecule has 0 N–H and O–H groups in total. The number of ether oxygens (including phenoxy) is 2. The molecule has 0 unspecified atom stereocenters. The van der Waals surface area contributed by atoms with Crippen LogP contribution >= 0.6 is 10.0 Å². The van der Waals surface area contributed by atoms with Crippen LogP contribution in [-0.2, 0) is 39.3 Å². The van der Waals surface area contributed by atoms with Crippen molar-refractivity contribution in [3.05, 3.63) is 54.3 Å². The molecule has 0 radical (unpaired) electrons. The Labute approximate surface area is 300 Å². The predicted octanol–water partition coefficient (Wildman–Crippen LogP) is 4.06. The largest absolute Gasteiger partial charge is 0.459 e. The van der Waals surface area contributed by atoms with Crippen LogP contribution in [0, 0.1) is 11.3 Å². The summed E-state index contributed by atoms with van der Waals surface area (Å²) in [7, 11) is -0.647. The average molecular weight is 743 g/mol. The van der Waals surface area contributed by atoms with Gasteiger partial charge in [-0.3, -0.25) is 19.2 Å². The molecule has 2 fully saturated rings. The van der Waals surface area contributed by atoms with E-state index in [0.29, 0.717) is 52.4 Å². The molecule has 6 heterocycles. The predicted molar refractivity (Wildman–Crippen MR) is 186 cm³/mol. The van der Waals surface area contributed by atoms with Crippen LogP contribution in [0.25, 0.3) is 22.3 Å². The number of carbonyl (C=O) groups is 2. The van der Waals surface area contributed by atoms with Crippen LogP contribution in [0.5, 0.6) is 0 Å². The van der Waals surface area contributed by atoms with Crippen LogP contribution in [0.2, 0.25) is 0 Å². The molecular formula is C34H41F3N10O4S. The summed E-state index contributed by atoms with van der Waals surface area (Å²) in [4.78, 5) is 44.2. The highest BCUT2D eigenvalue weighted by molar-refractivity contribution is 8.32. The maximum absolute atomic E-state index is 13.5. The summed E-state index contributed by atoms with van der Waals surface area (Å²) in [5.74, 6) is -1.78. The van der Waals surface area contributed by atoms with Gasteiger partial charge in [0.2, 0.25) is 5.82 Å². The minimum Gasteiger partial charge on any atom is -0.459 e. The van der Waals surface area contributed by atoms with Crippen molar-refractivity contribution in [3.8, 4) is 17.3 Å². The van der Waals surface area contributed by atoms with Gasteiger partial charge in [-0.05, 0) is 43.7 Å². The lowest BCUT2D eigenvalue weighted by Crippen LogP contribution is -2.66. The van der Waals surface area contributed by atoms with Crippen molar-refractivity contribution in [3.63, 3.8) is 0 Å². The summed E-state index contributed by atoms with van der Waals surface area (Å²) < 4.78 is 55.1. The quantitative estimate of drug-likeness (QED) is 0.152. The number of piperidine rings is 1. The van der Waals surface area contributed by atoms with Gasteiger partial charge in [0.1, 0.15) is 36.5 Å². The summed E-state index contributed by atoms with van der Waals surface area (Å²) in [6.07, 6.45) is 10.5. The van der Waals surface area contributed by atoms with Crippen LogP contribution in [0.15, 0.2) is 37.1 Å². The first-order valence-electron chi connectivity index (χ1n) is 16.7. The number of likely N-dealkylation sites (tertiary alicyclic amines) is 2. The van der Waals surface area contributed by atoms with Crippen molar-refractivity contribution in [1.82, 2.24) is 44.1 Å². The molecule has 0 saturated carbocycles. The standard InChI is InChI=1S/C34H41F3N10O4S/c1-23(48)51-18-25-15-28(43-32(42-25)34(35,36)37)31(49)44-10-5-26(6-11-44)46-19-33(20-46,8-9-38)47-17-24(16-41-47)29-27-7-12-45(30(27)40-21-39-29)22-50-13-14-52(2,3)4/h7,12,15-17,21,26H,5-6,8,10-11,13-14,18-20,22H2,1-4H3. The molecule has 2 aliphatic heterocycles. The molecule has 6 rings (SSSR count). The molecule has 0 bridgehead atoms. The van der Waals surface area contributed by atoms with Crippen molar-refractivity contribution in [2.45, 2.75) is 57.3 Å². The molecule has 0 aliphatic carbocycles. The van der Waals surface area contributed by atoms with Crippen molar-refractivity contribution in [2.75, 3.05) is 57.3 Å². The number of aromatic nitrogens is 7. The molecule has 14 nitrogen and oxygen atoms in total. The van der Waals surface area contributed by atoms with Gasteiger partial charge in [0, 0.05) is 68.2 Å². The highest BCUT2D eigenvalue weighted by Gasteiger charge is 2.48. The smallest absolute Gasteiger partial charge is 0.451 e. The summed E-state index contributed by atoms with van der Waals surface area (Å²) >= 11 is 0. The van der Waals surface area contributed by atoms with Crippen LogP contribution in [0.3, 0.4) is 0 Å². The normalized spacial score (nSPS) is 17.2. The van der Waals surface area contributed by atoms with Crippen LogP contribution in [0.1, 0.15) is 48.2 Å². The van der Waals surface area contributed by atoms with Gasteiger partial charge in [0.25, 0.3) is 5.91 Å². The van der Waals surface area contributed by atoms with E-state index in [1.54, 1.807) is 6.20 Å². The van der Waals surface area contributed by atoms with E-state index in [-0.39, 0.29) is 18.2 Å². The zero-order valence-corrected chi connectivity index (χ0v) is 30.3. The maximum atomic E-state index is 13.5. The molecule has 2 aliphatic rings. The maximum Gasteiger partial charge on any atom is 0.451 e. The third-order valence-electron chi connectivity index (χ3n) is 9.31. The van der Waals surface area contributed by atoms with Gasteiger partial charge < -0.3 is 18.9 Å². The van der Waals surface area contributed by atoms with Crippen molar-refractivity contribution < 1.29 is 32.2 Å². The summed E-state index contributed by atoms with van der Waals surface area (Å²) in [5, 5.41) is 15.3. The van der Waals surface area contributed by atoms with E-state index in [9.17, 15) is 28.0 Å². The van der Waals surface area contributed by atoms with Crippen molar-refractivity contribution in [1.29, 1.82) is 5.26 Å². The third-order valence-corrected chi connectivity index (χ3v) is 10.7. The first-order valence-corrected chi connectivity index (χ1v) is 19.8. The molecule has 52 heavy (non-hydrogen) atoms. The number of amides is 1. The molecular weight excluding hydrogens is 702 g/mol. The van der Waals surface area contributed by atoms with Crippen LogP contribution in [-0.4, -0.2) is 119 Å². The number of carbonyl (C=O) groups excluding carboxylic acids is 2. The minimum atomic E-state index is -4.88. The summed E-state index contributed by atoms with van der Waals surface area (Å²) in [6, 6.07) is 5.52. The Morgan fingerprint density at radius 3 is 2.56 bits per heavy atom. The van der Waals surface area contributed by atoms with Gasteiger partial charge in [-0.25, -0.2) is 30.0 Å². The van der Waals surface area contributed by atoms with Gasteiger partial charge in [-0.15, -0.1) is 0 Å². The molecule has 18 heteroatoms. The number of halogens is 3. The Hall–Kier alpha value is -4.60. The first kappa shape index (κ1) is 37.2. The second kappa shape index (κ2) is 14.8. The van der Waals surface area contributed by atoms with E-state index in [4.69, 9.17) is 9.47 Å². The zero-order chi connectivity index (χ0) is 37.3. The van der Waals surface area contributed by atoms with E-state index in [2.05, 4.69) is 54.8 Å². The topological polar surface area (TPSA) is 157 Å². The van der Waals surface area contributed by atoms with Gasteiger partial charge in [-0.1, -0.05) is 0 Å². The van der Waals surface area contributed by atoms with Gasteiger partial charge in [-0.2, -0.15) is 23.5 Å². The Bertz CT molecular complexity index is 1970. The van der Waals surface area contributed by atoms with Gasteiger partial charge in [0.15, 0.2) is 0 Å². The first-order chi connectivity index (χ1) is 24.7. The minimum absolute atomic E-state index is 0.106. The number of nitrogens with zero attached hydrogens (tertiary/aromatic N) is 10. The number of esters is 1. The number of nitriles is 1. The highest BCUT2D eigenvalue weighted by Crippen LogP contribution is 2.38. The molecule has 0 aromatic carbocycles. The number of fused-ring (bicyclic) bond motifs is 1. The van der Waals surface area contributed by atoms with Gasteiger partial charge >= 0.3 is 12.1 Å². The van der Waals surface area contributed by atoms with E-state index in [1.807, 2.05) is 27.7 Å². The Morgan fingerprint density at radius 1 is 1.13 bits per heavy atom.